The van der Waals surface area contributed by atoms with Crippen LogP contribution < -0.4 is 11.2 Å². The third-order valence-electron chi connectivity index (χ3n) is 1.84. The van der Waals surface area contributed by atoms with Crippen molar-refractivity contribution in [2.45, 2.75) is 0 Å². The summed E-state index contributed by atoms with van der Waals surface area (Å²) in [5, 5.41) is 6.17. The van der Waals surface area contributed by atoms with Crippen LogP contribution in [-0.4, -0.2) is 11.2 Å². The lowest BCUT2D eigenvalue weighted by molar-refractivity contribution is 0.625. The van der Waals surface area contributed by atoms with Gasteiger partial charge in [-0.2, -0.15) is 5.10 Å². The maximum Gasteiger partial charge on any atom is 0.205 e. The molecule has 1 heterocycles. The van der Waals surface area contributed by atoms with Crippen molar-refractivity contribution in [1.29, 1.82) is 0 Å². The number of anilines is 2. The summed E-state index contributed by atoms with van der Waals surface area (Å²) in [6, 6.07) is 4.81. The fourth-order valence-electron chi connectivity index (χ4n) is 1.11. The number of nitrogen functional groups attached to an aromatic ring is 1. The average molecular weight is 362 g/mol. The molecule has 0 amide bonds. The highest BCUT2D eigenvalue weighted by Gasteiger charge is 2.00. The van der Waals surface area contributed by atoms with Crippen molar-refractivity contribution < 1.29 is 4.39 Å². The van der Waals surface area contributed by atoms with Gasteiger partial charge in [0.1, 0.15) is 11.6 Å². The number of benzene rings is 1. The van der Waals surface area contributed by atoms with E-state index < -0.39 is 0 Å². The van der Waals surface area contributed by atoms with Crippen LogP contribution in [0.2, 0.25) is 0 Å². The zero-order chi connectivity index (χ0) is 12.3. The molecule has 17 heavy (non-hydrogen) atoms. The number of rotatable bonds is 3. The average Bonchev–Trinajstić information content (AvgIpc) is 2.69. The lowest BCUT2D eigenvalue weighted by Crippen LogP contribution is -1.94. The van der Waals surface area contributed by atoms with Crippen molar-refractivity contribution in [2.24, 2.45) is 5.10 Å². The topological polar surface area (TPSA) is 63.3 Å². The number of hydrogen-bond donors (Lipinski definition) is 2. The summed E-state index contributed by atoms with van der Waals surface area (Å²) in [5.74, 6) is 0.128. The number of thiazole rings is 1. The summed E-state index contributed by atoms with van der Waals surface area (Å²) >= 11 is 3.45. The van der Waals surface area contributed by atoms with Crippen LogP contribution in [0.25, 0.3) is 0 Å². The van der Waals surface area contributed by atoms with Crippen molar-refractivity contribution in [3.05, 3.63) is 38.5 Å². The number of nitrogens with zero attached hydrogens (tertiary/aromatic N) is 2. The van der Waals surface area contributed by atoms with Crippen molar-refractivity contribution in [3.8, 4) is 0 Å². The van der Waals surface area contributed by atoms with Crippen LogP contribution in [-0.2, 0) is 0 Å². The maximum absolute atomic E-state index is 13.3. The van der Waals surface area contributed by atoms with Gasteiger partial charge in [0.2, 0.25) is 5.13 Å². The molecule has 0 aliphatic heterocycles. The molecule has 0 bridgehead atoms. The third-order valence-corrected chi connectivity index (χ3v) is 3.28. The molecule has 88 valence electrons. The molecule has 0 aliphatic rings. The molecule has 1 aromatic carbocycles. The number of hydrazone groups is 1. The Morgan fingerprint density at radius 3 is 3.06 bits per heavy atom. The van der Waals surface area contributed by atoms with Gasteiger partial charge >= 0.3 is 0 Å². The number of nitrogens with one attached hydrogen (secondary N) is 1. The van der Waals surface area contributed by atoms with Gasteiger partial charge in [0.05, 0.1) is 6.21 Å². The first-order chi connectivity index (χ1) is 8.15. The molecule has 0 saturated heterocycles. The summed E-state index contributed by atoms with van der Waals surface area (Å²) in [6.07, 6.45) is 1.41. The van der Waals surface area contributed by atoms with E-state index in [4.69, 9.17) is 5.73 Å². The van der Waals surface area contributed by atoms with E-state index in [1.54, 1.807) is 17.5 Å². The molecule has 0 saturated carbocycles. The van der Waals surface area contributed by atoms with Crippen molar-refractivity contribution in [3.63, 3.8) is 0 Å². The van der Waals surface area contributed by atoms with Gasteiger partial charge in [0, 0.05) is 14.5 Å². The molecule has 1 aromatic heterocycles. The van der Waals surface area contributed by atoms with Crippen LogP contribution in [0.15, 0.2) is 28.7 Å². The first kappa shape index (κ1) is 12.2. The number of aromatic nitrogens is 1. The second-order valence-corrected chi connectivity index (χ2v) is 5.22. The molecule has 7 heteroatoms. The SMILES string of the molecule is Nc1csc(NN=Cc2cc(I)ccc2F)n1. The molecule has 0 radical (unpaired) electrons. The fourth-order valence-corrected chi connectivity index (χ4v) is 2.17. The zero-order valence-corrected chi connectivity index (χ0v) is 11.5. The van der Waals surface area contributed by atoms with E-state index in [0.29, 0.717) is 16.5 Å². The molecular weight excluding hydrogens is 354 g/mol. The van der Waals surface area contributed by atoms with E-state index in [1.165, 1.54) is 23.6 Å². The predicted octanol–water partition coefficient (Wildman–Crippen LogP) is 2.92. The molecular formula is C10H8FIN4S. The van der Waals surface area contributed by atoms with Crippen molar-refractivity contribution in [2.75, 3.05) is 11.2 Å². The highest BCUT2D eigenvalue weighted by Crippen LogP contribution is 2.16. The maximum atomic E-state index is 13.3. The minimum Gasteiger partial charge on any atom is -0.383 e. The molecule has 0 spiro atoms. The second-order valence-electron chi connectivity index (χ2n) is 3.11. The highest BCUT2D eigenvalue weighted by molar-refractivity contribution is 14.1. The summed E-state index contributed by atoms with van der Waals surface area (Å²) in [4.78, 5) is 3.96. The van der Waals surface area contributed by atoms with E-state index in [1.807, 2.05) is 0 Å². The third kappa shape index (κ3) is 3.37. The first-order valence-electron chi connectivity index (χ1n) is 4.60. The Hall–Kier alpha value is -1.22. The summed E-state index contributed by atoms with van der Waals surface area (Å²) in [5.41, 5.74) is 8.57. The Balaban J connectivity index is 2.07. The number of halogens is 2. The van der Waals surface area contributed by atoms with E-state index in [-0.39, 0.29) is 5.82 Å². The molecule has 0 unspecified atom stereocenters. The fraction of sp³-hybridized carbons (Fsp3) is 0. The Morgan fingerprint density at radius 1 is 1.53 bits per heavy atom. The monoisotopic (exact) mass is 362 g/mol. The van der Waals surface area contributed by atoms with Crippen LogP contribution in [0.5, 0.6) is 0 Å². The molecule has 0 fully saturated rings. The van der Waals surface area contributed by atoms with Gasteiger partial charge in [-0.1, -0.05) is 0 Å². The Labute approximate surface area is 115 Å². The molecule has 2 aromatic rings. The van der Waals surface area contributed by atoms with Crippen molar-refractivity contribution in [1.82, 2.24) is 4.98 Å². The first-order valence-corrected chi connectivity index (χ1v) is 6.56. The summed E-state index contributed by atoms with van der Waals surface area (Å²) < 4.78 is 14.3. The van der Waals surface area contributed by atoms with Crippen LogP contribution in [0.1, 0.15) is 5.56 Å². The minimum absolute atomic E-state index is 0.311. The molecule has 0 atom stereocenters. The highest BCUT2D eigenvalue weighted by atomic mass is 127. The van der Waals surface area contributed by atoms with E-state index >= 15 is 0 Å². The Kier molecular flexibility index (Phi) is 3.89. The van der Waals surface area contributed by atoms with E-state index in [9.17, 15) is 4.39 Å². The lowest BCUT2D eigenvalue weighted by atomic mass is 10.2. The molecule has 2 rings (SSSR count). The van der Waals surface area contributed by atoms with Gasteiger partial charge in [-0.05, 0) is 40.8 Å². The van der Waals surface area contributed by atoms with Gasteiger partial charge in [-0.25, -0.2) is 9.37 Å². The van der Waals surface area contributed by atoms with Gasteiger partial charge < -0.3 is 5.73 Å². The number of nitrogens with two attached hydrogens (primary N) is 1. The largest absolute Gasteiger partial charge is 0.383 e. The van der Waals surface area contributed by atoms with E-state index in [0.717, 1.165) is 3.57 Å². The molecule has 0 aliphatic carbocycles. The Morgan fingerprint density at radius 2 is 2.35 bits per heavy atom. The molecule has 3 N–H and O–H groups in total. The quantitative estimate of drug-likeness (QED) is 0.501. The lowest BCUT2D eigenvalue weighted by Gasteiger charge is -1.97. The van der Waals surface area contributed by atoms with Crippen LogP contribution >= 0.6 is 33.9 Å². The minimum atomic E-state index is -0.311. The van der Waals surface area contributed by atoms with Crippen molar-refractivity contribution >= 4 is 51.1 Å². The summed E-state index contributed by atoms with van der Waals surface area (Å²) in [7, 11) is 0. The molecule has 4 nitrogen and oxygen atoms in total. The Bertz CT molecular complexity index is 555. The summed E-state index contributed by atoms with van der Waals surface area (Å²) in [6.45, 7) is 0. The second kappa shape index (κ2) is 5.41. The van der Waals surface area contributed by atoms with Gasteiger partial charge in [0.25, 0.3) is 0 Å². The van der Waals surface area contributed by atoms with Crippen LogP contribution in [0, 0.1) is 9.39 Å². The normalized spacial score (nSPS) is 10.9. The van der Waals surface area contributed by atoms with Gasteiger partial charge in [0.15, 0.2) is 0 Å². The zero-order valence-electron chi connectivity index (χ0n) is 8.52. The standard InChI is InChI=1S/C10H8FIN4S/c11-8-2-1-7(12)3-6(8)4-14-16-10-15-9(13)5-17-10/h1-5H,13H2,(H,15,16). The van der Waals surface area contributed by atoms with Crippen LogP contribution in [0.3, 0.4) is 0 Å². The number of hydrogen-bond acceptors (Lipinski definition) is 5. The smallest absolute Gasteiger partial charge is 0.205 e. The van der Waals surface area contributed by atoms with Gasteiger partial charge in [-0.3, -0.25) is 5.43 Å². The van der Waals surface area contributed by atoms with Crippen LogP contribution in [0.4, 0.5) is 15.3 Å². The predicted molar refractivity (Wildman–Crippen MR) is 76.9 cm³/mol. The van der Waals surface area contributed by atoms with E-state index in [2.05, 4.69) is 38.1 Å². The van der Waals surface area contributed by atoms with Gasteiger partial charge in [-0.15, -0.1) is 11.3 Å².